The molecule has 0 bridgehead atoms. The van der Waals surface area contributed by atoms with Crippen molar-refractivity contribution in [2.24, 2.45) is 0 Å². The van der Waals surface area contributed by atoms with Crippen LogP contribution in [-0.4, -0.2) is 40.9 Å². The molecule has 2 fully saturated rings. The second-order valence-corrected chi connectivity index (χ2v) is 6.18. The van der Waals surface area contributed by atoms with Gasteiger partial charge in [0.1, 0.15) is 5.75 Å². The molecule has 1 aromatic carbocycles. The van der Waals surface area contributed by atoms with Crippen LogP contribution in [0.4, 0.5) is 15.3 Å². The second-order valence-electron chi connectivity index (χ2n) is 6.18. The van der Waals surface area contributed by atoms with E-state index in [1.165, 1.54) is 18.3 Å². The number of carbonyl (C=O) groups excluding carboxylic acids is 4. The van der Waals surface area contributed by atoms with Gasteiger partial charge in [0, 0.05) is 6.07 Å². The molecule has 4 rings (SSSR count). The molecular formula is C18H12N6O5. The summed E-state index contributed by atoms with van der Waals surface area (Å²) in [6.07, 6.45) is 1.27. The Hall–Kier alpha value is -4.46. The lowest BCUT2D eigenvalue weighted by molar-refractivity contribution is -0.136. The zero-order chi connectivity index (χ0) is 20.6. The fraction of sp³-hybridized carbons (Fsp3) is 0.111. The summed E-state index contributed by atoms with van der Waals surface area (Å²) in [5, 5.41) is 15.3. The summed E-state index contributed by atoms with van der Waals surface area (Å²) in [5.41, 5.74) is -1.30. The second kappa shape index (κ2) is 6.61. The van der Waals surface area contributed by atoms with Crippen LogP contribution in [0.15, 0.2) is 42.6 Å². The molecule has 0 saturated carbocycles. The van der Waals surface area contributed by atoms with Crippen molar-refractivity contribution in [3.8, 4) is 17.7 Å². The average Bonchev–Trinajstić information content (AvgIpc) is 3.06. The highest BCUT2D eigenvalue weighted by molar-refractivity contribution is 6.28. The maximum absolute atomic E-state index is 12.4. The first kappa shape index (κ1) is 17.9. The van der Waals surface area contributed by atoms with Gasteiger partial charge in [-0.05, 0) is 30.3 Å². The van der Waals surface area contributed by atoms with E-state index in [9.17, 15) is 19.2 Å². The van der Waals surface area contributed by atoms with E-state index in [2.05, 4.69) is 10.3 Å². The minimum absolute atomic E-state index is 0.159. The molecule has 2 aromatic rings. The summed E-state index contributed by atoms with van der Waals surface area (Å²) in [5.74, 6) is -1.19. The van der Waals surface area contributed by atoms with E-state index in [1.807, 2.05) is 16.7 Å². The van der Waals surface area contributed by atoms with Crippen molar-refractivity contribution in [3.05, 3.63) is 48.2 Å². The van der Waals surface area contributed by atoms with E-state index in [1.54, 1.807) is 24.3 Å². The van der Waals surface area contributed by atoms with Crippen molar-refractivity contribution in [3.63, 3.8) is 0 Å². The summed E-state index contributed by atoms with van der Waals surface area (Å²) in [4.78, 5) is 53.6. The van der Waals surface area contributed by atoms with Crippen LogP contribution < -0.4 is 25.6 Å². The van der Waals surface area contributed by atoms with Gasteiger partial charge in [0.25, 0.3) is 11.8 Å². The molecule has 0 unspecified atom stereocenters. The smallest absolute Gasteiger partial charge is 0.328 e. The molecule has 2 aliphatic rings. The summed E-state index contributed by atoms with van der Waals surface area (Å²) in [6.45, 7) is -0.305. The number of rotatable bonds is 3. The number of nitrogens with one attached hydrogen (secondary N) is 3. The van der Waals surface area contributed by atoms with Crippen LogP contribution in [0.3, 0.4) is 0 Å². The van der Waals surface area contributed by atoms with E-state index in [-0.39, 0.29) is 18.1 Å². The van der Waals surface area contributed by atoms with Gasteiger partial charge in [-0.15, -0.1) is 0 Å². The minimum Gasteiger partial charge on any atom is -0.439 e. The molecule has 0 atom stereocenters. The van der Waals surface area contributed by atoms with E-state index in [4.69, 9.17) is 10.00 Å². The number of anilines is 1. The van der Waals surface area contributed by atoms with E-state index >= 15 is 0 Å². The van der Waals surface area contributed by atoms with Crippen molar-refractivity contribution < 1.29 is 23.9 Å². The number of carbonyl (C=O) groups is 4. The third-order valence-corrected chi connectivity index (χ3v) is 4.47. The van der Waals surface area contributed by atoms with Crippen LogP contribution in [0.2, 0.25) is 0 Å². The van der Waals surface area contributed by atoms with E-state index in [0.717, 1.165) is 4.90 Å². The lowest BCUT2D eigenvalue weighted by Gasteiger charge is -2.35. The number of amides is 6. The normalized spacial score (nSPS) is 17.4. The van der Waals surface area contributed by atoms with Crippen LogP contribution in [-0.2, 0) is 9.59 Å². The highest BCUT2D eigenvalue weighted by Gasteiger charge is 2.60. The van der Waals surface area contributed by atoms with Gasteiger partial charge in [-0.2, -0.15) is 5.26 Å². The van der Waals surface area contributed by atoms with Crippen molar-refractivity contribution in [2.45, 2.75) is 5.54 Å². The molecule has 1 spiro atoms. The molecule has 0 aliphatic carbocycles. The fourth-order valence-electron chi connectivity index (χ4n) is 3.07. The summed E-state index contributed by atoms with van der Waals surface area (Å²) >= 11 is 0. The molecule has 11 nitrogen and oxygen atoms in total. The zero-order valence-electron chi connectivity index (χ0n) is 14.6. The van der Waals surface area contributed by atoms with Crippen molar-refractivity contribution in [1.29, 1.82) is 5.26 Å². The number of hydrogen-bond donors (Lipinski definition) is 3. The van der Waals surface area contributed by atoms with E-state index < -0.39 is 29.4 Å². The van der Waals surface area contributed by atoms with Gasteiger partial charge in [-0.1, -0.05) is 0 Å². The fourth-order valence-corrected chi connectivity index (χ4v) is 3.07. The van der Waals surface area contributed by atoms with Gasteiger partial charge in [0.05, 0.1) is 30.1 Å². The highest BCUT2D eigenvalue weighted by Crippen LogP contribution is 2.31. The van der Waals surface area contributed by atoms with Crippen molar-refractivity contribution >= 4 is 29.6 Å². The van der Waals surface area contributed by atoms with Crippen LogP contribution in [0.1, 0.15) is 5.56 Å². The van der Waals surface area contributed by atoms with Crippen LogP contribution in [0, 0.1) is 11.3 Å². The molecule has 1 aromatic heterocycles. The molecule has 3 N–H and O–H groups in total. The maximum Gasteiger partial charge on any atom is 0.328 e. The van der Waals surface area contributed by atoms with Gasteiger partial charge < -0.3 is 10.1 Å². The topological polar surface area (TPSA) is 154 Å². The predicted octanol–water partition coefficient (Wildman–Crippen LogP) is 0.380. The first-order chi connectivity index (χ1) is 13.9. The SMILES string of the molecule is N#Cc1ccc(Oc2ccc(N3C(=O)NCC34C(=O)NC(=O)NC4=O)cn2)cc1. The molecule has 3 heterocycles. The number of pyridine rings is 1. The quantitative estimate of drug-likeness (QED) is 0.638. The number of aromatic nitrogens is 1. The molecule has 144 valence electrons. The Balaban J connectivity index is 1.61. The van der Waals surface area contributed by atoms with Gasteiger partial charge in [0.15, 0.2) is 0 Å². The van der Waals surface area contributed by atoms with Gasteiger partial charge in [0.2, 0.25) is 11.4 Å². The van der Waals surface area contributed by atoms with Crippen molar-refractivity contribution in [2.75, 3.05) is 11.4 Å². The average molecular weight is 392 g/mol. The van der Waals surface area contributed by atoms with E-state index in [0.29, 0.717) is 11.3 Å². The Labute approximate surface area is 163 Å². The number of imide groups is 2. The Kier molecular flexibility index (Phi) is 4.09. The van der Waals surface area contributed by atoms with Crippen LogP contribution >= 0.6 is 0 Å². The zero-order valence-corrected chi connectivity index (χ0v) is 14.6. The summed E-state index contributed by atoms with van der Waals surface area (Å²) < 4.78 is 5.57. The Morgan fingerprint density at radius 3 is 2.31 bits per heavy atom. The summed E-state index contributed by atoms with van der Waals surface area (Å²) in [7, 11) is 0. The standard InChI is InChI=1S/C18H12N6O5/c19-7-10-1-4-12(5-2-10)29-13-6-3-11(8-20-13)24-17(28)21-9-18(24)14(25)22-16(27)23-15(18)26/h1-6,8H,9H2,(H,21,28)(H2,22,23,25,26,27). The summed E-state index contributed by atoms with van der Waals surface area (Å²) in [6, 6.07) is 9.65. The molecule has 11 heteroatoms. The monoisotopic (exact) mass is 392 g/mol. The molecule has 2 aliphatic heterocycles. The van der Waals surface area contributed by atoms with Gasteiger partial charge >= 0.3 is 12.1 Å². The van der Waals surface area contributed by atoms with Gasteiger partial charge in [-0.3, -0.25) is 25.1 Å². The third kappa shape index (κ3) is 2.88. The number of hydrogen-bond acceptors (Lipinski definition) is 7. The molecule has 2 saturated heterocycles. The molecule has 29 heavy (non-hydrogen) atoms. The number of urea groups is 2. The van der Waals surface area contributed by atoms with Gasteiger partial charge in [-0.25, -0.2) is 14.6 Å². The lowest BCUT2D eigenvalue weighted by Crippen LogP contribution is -2.73. The Bertz CT molecular complexity index is 1050. The first-order valence-corrected chi connectivity index (χ1v) is 8.33. The molecule has 6 amide bonds. The number of ether oxygens (including phenoxy) is 1. The number of barbiturate groups is 1. The maximum atomic E-state index is 12.4. The molecule has 0 radical (unpaired) electrons. The number of nitrogens with zero attached hydrogens (tertiary/aromatic N) is 3. The Morgan fingerprint density at radius 2 is 1.72 bits per heavy atom. The van der Waals surface area contributed by atoms with Crippen molar-refractivity contribution in [1.82, 2.24) is 20.9 Å². The Morgan fingerprint density at radius 1 is 1.03 bits per heavy atom. The minimum atomic E-state index is -1.94. The van der Waals surface area contributed by atoms with Crippen LogP contribution in [0.25, 0.3) is 0 Å². The lowest BCUT2D eigenvalue weighted by atomic mass is 9.94. The third-order valence-electron chi connectivity index (χ3n) is 4.47. The first-order valence-electron chi connectivity index (χ1n) is 8.33. The van der Waals surface area contributed by atoms with Crippen LogP contribution in [0.5, 0.6) is 11.6 Å². The molecular weight excluding hydrogens is 380 g/mol. The number of benzene rings is 1. The largest absolute Gasteiger partial charge is 0.439 e. The highest BCUT2D eigenvalue weighted by atomic mass is 16.5. The number of nitriles is 1. The predicted molar refractivity (Wildman–Crippen MR) is 95.8 cm³/mol.